The van der Waals surface area contributed by atoms with Gasteiger partial charge in [0, 0.05) is 37.6 Å². The standard InChI is InChI=1S/C31H34N4O2S/c1-37-28-14-8-13-27(20-28)21-29-32-31(38-33-29)35(22-26-11-6-3-7-12-26)23-30(36)34-17-15-25(16-18-34)19-24-9-4-2-5-10-24/h2-14,20,25H,15-19,21-23H2,1H3. The molecule has 1 saturated heterocycles. The van der Waals surface area contributed by atoms with Crippen LogP contribution < -0.4 is 9.64 Å². The fraction of sp³-hybridized carbons (Fsp3) is 0.323. The van der Waals surface area contributed by atoms with Gasteiger partial charge in [0.1, 0.15) is 11.6 Å². The number of amides is 1. The molecule has 0 unspecified atom stereocenters. The van der Waals surface area contributed by atoms with E-state index >= 15 is 0 Å². The fourth-order valence-corrected chi connectivity index (χ4v) is 5.69. The number of nitrogens with zero attached hydrogens (tertiary/aromatic N) is 4. The number of anilines is 1. The fourth-order valence-electron chi connectivity index (χ4n) is 5.00. The number of aromatic nitrogens is 2. The molecule has 6 nitrogen and oxygen atoms in total. The number of carbonyl (C=O) groups is 1. The van der Waals surface area contributed by atoms with E-state index in [9.17, 15) is 4.79 Å². The Bertz CT molecular complexity index is 1300. The predicted molar refractivity (Wildman–Crippen MR) is 153 cm³/mol. The van der Waals surface area contributed by atoms with Crippen molar-refractivity contribution >= 4 is 22.6 Å². The Labute approximate surface area is 229 Å². The van der Waals surface area contributed by atoms with Gasteiger partial charge in [-0.05, 0) is 54.0 Å². The van der Waals surface area contributed by atoms with Crippen molar-refractivity contribution in [2.45, 2.75) is 32.2 Å². The van der Waals surface area contributed by atoms with Crippen LogP contribution in [-0.4, -0.2) is 46.9 Å². The molecule has 1 fully saturated rings. The number of piperidine rings is 1. The number of rotatable bonds is 10. The van der Waals surface area contributed by atoms with Crippen molar-refractivity contribution in [3.05, 3.63) is 107 Å². The van der Waals surface area contributed by atoms with Crippen molar-refractivity contribution in [3.63, 3.8) is 0 Å². The largest absolute Gasteiger partial charge is 0.497 e. The van der Waals surface area contributed by atoms with Gasteiger partial charge >= 0.3 is 0 Å². The second-order valence-electron chi connectivity index (χ2n) is 9.88. The first-order valence-corrected chi connectivity index (χ1v) is 14.0. The molecule has 1 aliphatic rings. The van der Waals surface area contributed by atoms with Crippen LogP contribution in [0.2, 0.25) is 0 Å². The van der Waals surface area contributed by atoms with Crippen molar-refractivity contribution in [2.24, 2.45) is 5.92 Å². The van der Waals surface area contributed by atoms with Crippen molar-refractivity contribution in [2.75, 3.05) is 31.6 Å². The van der Waals surface area contributed by atoms with E-state index in [1.807, 2.05) is 41.3 Å². The summed E-state index contributed by atoms with van der Waals surface area (Å²) in [6, 6.07) is 28.9. The quantitative estimate of drug-likeness (QED) is 0.268. The molecular formula is C31H34N4O2S. The molecule has 3 aromatic carbocycles. The number of carbonyl (C=O) groups excluding carboxylic acids is 1. The molecule has 0 atom stereocenters. The minimum atomic E-state index is 0.156. The van der Waals surface area contributed by atoms with Gasteiger partial charge < -0.3 is 14.5 Å². The van der Waals surface area contributed by atoms with Gasteiger partial charge in [-0.15, -0.1) is 0 Å². The zero-order valence-electron chi connectivity index (χ0n) is 21.8. The summed E-state index contributed by atoms with van der Waals surface area (Å²) in [6.07, 6.45) is 3.80. The summed E-state index contributed by atoms with van der Waals surface area (Å²) in [5.74, 6) is 2.36. The van der Waals surface area contributed by atoms with Crippen molar-refractivity contribution in [1.82, 2.24) is 14.3 Å². The van der Waals surface area contributed by atoms with Crippen molar-refractivity contribution in [1.29, 1.82) is 0 Å². The van der Waals surface area contributed by atoms with E-state index in [2.05, 4.69) is 57.8 Å². The average molecular weight is 527 g/mol. The SMILES string of the molecule is COc1cccc(Cc2nsc(N(CC(=O)N3CCC(Cc4ccccc4)CC3)Cc3ccccc3)n2)c1. The molecule has 38 heavy (non-hydrogen) atoms. The zero-order valence-corrected chi connectivity index (χ0v) is 22.6. The lowest BCUT2D eigenvalue weighted by atomic mass is 9.90. The van der Waals surface area contributed by atoms with E-state index in [4.69, 9.17) is 9.72 Å². The second kappa shape index (κ2) is 12.7. The third-order valence-electron chi connectivity index (χ3n) is 7.10. The number of likely N-dealkylation sites (tertiary alicyclic amines) is 1. The third-order valence-corrected chi connectivity index (χ3v) is 7.92. The molecule has 0 radical (unpaired) electrons. The van der Waals surface area contributed by atoms with Crippen molar-refractivity contribution in [3.8, 4) is 5.75 Å². The smallest absolute Gasteiger partial charge is 0.242 e. The van der Waals surface area contributed by atoms with Gasteiger partial charge in [-0.2, -0.15) is 4.37 Å². The molecular weight excluding hydrogens is 492 g/mol. The van der Waals surface area contributed by atoms with E-state index in [-0.39, 0.29) is 5.91 Å². The van der Waals surface area contributed by atoms with Gasteiger partial charge in [0.05, 0.1) is 13.7 Å². The maximum Gasteiger partial charge on any atom is 0.242 e. The normalized spacial score (nSPS) is 13.9. The Balaban J connectivity index is 1.24. The summed E-state index contributed by atoms with van der Waals surface area (Å²) in [7, 11) is 1.67. The van der Waals surface area contributed by atoms with E-state index in [0.717, 1.165) is 60.2 Å². The maximum atomic E-state index is 13.4. The summed E-state index contributed by atoms with van der Waals surface area (Å²) in [5.41, 5.74) is 3.62. The first-order valence-electron chi connectivity index (χ1n) is 13.2. The molecule has 0 spiro atoms. The summed E-state index contributed by atoms with van der Waals surface area (Å²) in [5, 5.41) is 0.777. The Morgan fingerprint density at radius 2 is 1.63 bits per heavy atom. The summed E-state index contributed by atoms with van der Waals surface area (Å²) in [4.78, 5) is 22.4. The summed E-state index contributed by atoms with van der Waals surface area (Å²) in [6.45, 7) is 2.54. The van der Waals surface area contributed by atoms with E-state index in [0.29, 0.717) is 25.4 Å². The lowest BCUT2D eigenvalue weighted by Crippen LogP contribution is -2.44. The molecule has 0 aliphatic carbocycles. The number of hydrogen-bond donors (Lipinski definition) is 0. The predicted octanol–water partition coefficient (Wildman–Crippen LogP) is 5.63. The molecule has 1 aliphatic heterocycles. The van der Waals surface area contributed by atoms with Crippen LogP contribution in [0.4, 0.5) is 5.13 Å². The maximum absolute atomic E-state index is 13.4. The molecule has 5 rings (SSSR count). The summed E-state index contributed by atoms with van der Waals surface area (Å²) < 4.78 is 9.97. The van der Waals surface area contributed by atoms with Crippen LogP contribution >= 0.6 is 11.5 Å². The van der Waals surface area contributed by atoms with Crippen LogP contribution in [0.1, 0.15) is 35.4 Å². The molecule has 7 heteroatoms. The number of benzene rings is 3. The van der Waals surface area contributed by atoms with Crippen LogP contribution in [0.5, 0.6) is 5.75 Å². The van der Waals surface area contributed by atoms with Crippen molar-refractivity contribution < 1.29 is 9.53 Å². The van der Waals surface area contributed by atoms with Crippen LogP contribution in [0, 0.1) is 5.92 Å². The average Bonchev–Trinajstić information content (AvgIpc) is 3.42. The topological polar surface area (TPSA) is 58.6 Å². The Morgan fingerprint density at radius 3 is 2.34 bits per heavy atom. The first kappa shape index (κ1) is 25.9. The highest BCUT2D eigenvalue weighted by atomic mass is 32.1. The molecule has 0 bridgehead atoms. The third kappa shape index (κ3) is 6.98. The van der Waals surface area contributed by atoms with Crippen LogP contribution in [0.3, 0.4) is 0 Å². The number of hydrogen-bond acceptors (Lipinski definition) is 6. The minimum Gasteiger partial charge on any atom is -0.497 e. The Hall–Kier alpha value is -3.71. The zero-order chi connectivity index (χ0) is 26.2. The Kier molecular flexibility index (Phi) is 8.66. The molecule has 4 aromatic rings. The highest BCUT2D eigenvalue weighted by molar-refractivity contribution is 7.09. The van der Waals surface area contributed by atoms with Crippen LogP contribution in [0.25, 0.3) is 0 Å². The van der Waals surface area contributed by atoms with E-state index < -0.39 is 0 Å². The number of ether oxygens (including phenoxy) is 1. The second-order valence-corrected chi connectivity index (χ2v) is 10.6. The highest BCUT2D eigenvalue weighted by Crippen LogP contribution is 2.25. The van der Waals surface area contributed by atoms with Gasteiger partial charge in [-0.3, -0.25) is 4.79 Å². The molecule has 0 N–H and O–H groups in total. The molecule has 2 heterocycles. The van der Waals surface area contributed by atoms with Gasteiger partial charge in [0.15, 0.2) is 0 Å². The van der Waals surface area contributed by atoms with Gasteiger partial charge in [0.25, 0.3) is 0 Å². The molecule has 1 aromatic heterocycles. The Morgan fingerprint density at radius 1 is 0.947 bits per heavy atom. The lowest BCUT2D eigenvalue weighted by molar-refractivity contribution is -0.131. The molecule has 0 saturated carbocycles. The summed E-state index contributed by atoms with van der Waals surface area (Å²) >= 11 is 1.36. The first-order chi connectivity index (χ1) is 18.7. The lowest BCUT2D eigenvalue weighted by Gasteiger charge is -2.33. The molecule has 196 valence electrons. The minimum absolute atomic E-state index is 0.156. The van der Waals surface area contributed by atoms with E-state index in [1.165, 1.54) is 17.1 Å². The van der Waals surface area contributed by atoms with Crippen LogP contribution in [-0.2, 0) is 24.2 Å². The number of methoxy groups -OCH3 is 1. The van der Waals surface area contributed by atoms with Gasteiger partial charge in [-0.1, -0.05) is 72.8 Å². The van der Waals surface area contributed by atoms with Gasteiger partial charge in [0.2, 0.25) is 11.0 Å². The molecule has 1 amide bonds. The van der Waals surface area contributed by atoms with Crippen LogP contribution in [0.15, 0.2) is 84.9 Å². The van der Waals surface area contributed by atoms with Gasteiger partial charge in [-0.25, -0.2) is 4.98 Å². The van der Waals surface area contributed by atoms with E-state index in [1.54, 1.807) is 7.11 Å². The highest BCUT2D eigenvalue weighted by Gasteiger charge is 2.25. The monoisotopic (exact) mass is 526 g/mol.